The van der Waals surface area contributed by atoms with Crippen LogP contribution < -0.4 is 0 Å². The molecule has 1 rings (SSSR count). The van der Waals surface area contributed by atoms with E-state index in [9.17, 15) is 13.6 Å². The van der Waals surface area contributed by atoms with Crippen LogP contribution >= 0.6 is 15.9 Å². The van der Waals surface area contributed by atoms with Crippen LogP contribution in [0.5, 0.6) is 0 Å². The Balaban J connectivity index is 2.96. The first kappa shape index (κ1) is 13.0. The van der Waals surface area contributed by atoms with Crippen molar-refractivity contribution in [1.29, 1.82) is 0 Å². The molecule has 0 amide bonds. The molecule has 0 spiro atoms. The van der Waals surface area contributed by atoms with Gasteiger partial charge in [0.05, 0.1) is 13.0 Å². The van der Waals surface area contributed by atoms with E-state index in [1.54, 1.807) is 6.07 Å². The summed E-state index contributed by atoms with van der Waals surface area (Å²) in [7, 11) is 1.17. The lowest BCUT2D eigenvalue weighted by Crippen LogP contribution is -2.17. The minimum atomic E-state index is -2.57. The first-order chi connectivity index (χ1) is 7.54. The van der Waals surface area contributed by atoms with Gasteiger partial charge in [-0.05, 0) is 27.6 Å². The van der Waals surface area contributed by atoms with Crippen molar-refractivity contribution < 1.29 is 18.3 Å². The summed E-state index contributed by atoms with van der Waals surface area (Å²) in [5.74, 6) is -1.66. The number of esters is 1. The van der Waals surface area contributed by atoms with Gasteiger partial charge in [0.25, 0.3) is 0 Å². The zero-order valence-corrected chi connectivity index (χ0v) is 10.1. The lowest BCUT2D eigenvalue weighted by Gasteiger charge is -2.14. The standard InChI is InChI=1S/C10H10BrF2NO2/c1-16-10(15)8(3-9(12)13)6-2-7(11)5-14-4-6/h2,4-5,8-9H,3H2,1H3. The van der Waals surface area contributed by atoms with Gasteiger partial charge in [0.2, 0.25) is 6.43 Å². The Hall–Kier alpha value is -1.04. The molecular weight excluding hydrogens is 284 g/mol. The maximum absolute atomic E-state index is 12.3. The Morgan fingerprint density at radius 1 is 1.56 bits per heavy atom. The van der Waals surface area contributed by atoms with Crippen LogP contribution in [0.25, 0.3) is 0 Å². The predicted molar refractivity (Wildman–Crippen MR) is 57.3 cm³/mol. The van der Waals surface area contributed by atoms with Crippen molar-refractivity contribution in [3.05, 3.63) is 28.5 Å². The number of aromatic nitrogens is 1. The molecule has 0 bridgehead atoms. The fourth-order valence-electron chi connectivity index (χ4n) is 1.31. The molecule has 0 aliphatic rings. The second-order valence-electron chi connectivity index (χ2n) is 3.14. The van der Waals surface area contributed by atoms with Crippen LogP contribution in [-0.4, -0.2) is 24.5 Å². The van der Waals surface area contributed by atoms with Gasteiger partial charge < -0.3 is 4.74 Å². The van der Waals surface area contributed by atoms with E-state index in [1.165, 1.54) is 19.5 Å². The summed E-state index contributed by atoms with van der Waals surface area (Å²) in [4.78, 5) is 15.2. The number of carbonyl (C=O) groups excluding carboxylic acids is 1. The van der Waals surface area contributed by atoms with Crippen LogP contribution in [0.1, 0.15) is 17.9 Å². The summed E-state index contributed by atoms with van der Waals surface area (Å²) in [5, 5.41) is 0. The third-order valence-electron chi connectivity index (χ3n) is 2.03. The summed E-state index contributed by atoms with van der Waals surface area (Å²) >= 11 is 3.17. The topological polar surface area (TPSA) is 39.2 Å². The molecule has 1 unspecified atom stereocenters. The Bertz CT molecular complexity index is 374. The largest absolute Gasteiger partial charge is 0.469 e. The Morgan fingerprint density at radius 2 is 2.25 bits per heavy atom. The number of alkyl halides is 2. The van der Waals surface area contributed by atoms with Crippen molar-refractivity contribution in [3.63, 3.8) is 0 Å². The van der Waals surface area contributed by atoms with E-state index in [0.717, 1.165) is 0 Å². The van der Waals surface area contributed by atoms with Gasteiger partial charge in [0, 0.05) is 23.3 Å². The molecular formula is C10H10BrF2NO2. The molecule has 0 saturated carbocycles. The number of carbonyl (C=O) groups is 1. The van der Waals surface area contributed by atoms with Crippen molar-refractivity contribution in [1.82, 2.24) is 4.98 Å². The maximum atomic E-state index is 12.3. The number of rotatable bonds is 4. The number of hydrogen-bond acceptors (Lipinski definition) is 3. The van der Waals surface area contributed by atoms with Crippen molar-refractivity contribution in [2.45, 2.75) is 18.8 Å². The van der Waals surface area contributed by atoms with Gasteiger partial charge in [-0.3, -0.25) is 9.78 Å². The summed E-state index contributed by atoms with van der Waals surface area (Å²) < 4.78 is 29.8. The van der Waals surface area contributed by atoms with Crippen LogP contribution in [0.3, 0.4) is 0 Å². The summed E-state index contributed by atoms with van der Waals surface area (Å²) in [6, 6.07) is 1.58. The number of pyridine rings is 1. The van der Waals surface area contributed by atoms with Crippen molar-refractivity contribution in [2.24, 2.45) is 0 Å². The van der Waals surface area contributed by atoms with E-state index in [1.807, 2.05) is 0 Å². The van der Waals surface area contributed by atoms with E-state index in [0.29, 0.717) is 10.0 Å². The number of ether oxygens (including phenoxy) is 1. The average Bonchev–Trinajstić information content (AvgIpc) is 2.24. The molecule has 16 heavy (non-hydrogen) atoms. The van der Waals surface area contributed by atoms with Gasteiger partial charge in [-0.25, -0.2) is 8.78 Å². The van der Waals surface area contributed by atoms with Crippen LogP contribution in [0.4, 0.5) is 8.78 Å². The Labute approximate surface area is 99.9 Å². The first-order valence-corrected chi connectivity index (χ1v) is 5.30. The molecule has 1 heterocycles. The van der Waals surface area contributed by atoms with E-state index in [4.69, 9.17) is 0 Å². The van der Waals surface area contributed by atoms with E-state index in [2.05, 4.69) is 25.7 Å². The zero-order valence-electron chi connectivity index (χ0n) is 8.49. The van der Waals surface area contributed by atoms with Crippen molar-refractivity contribution in [3.8, 4) is 0 Å². The number of hydrogen-bond donors (Lipinski definition) is 0. The Morgan fingerprint density at radius 3 is 2.75 bits per heavy atom. The molecule has 3 nitrogen and oxygen atoms in total. The predicted octanol–water partition coefficient (Wildman–Crippen LogP) is 2.76. The van der Waals surface area contributed by atoms with Crippen molar-refractivity contribution >= 4 is 21.9 Å². The fourth-order valence-corrected chi connectivity index (χ4v) is 1.69. The quantitative estimate of drug-likeness (QED) is 0.802. The minimum absolute atomic E-state index is 0.418. The lowest BCUT2D eigenvalue weighted by molar-refractivity contribution is -0.143. The molecule has 0 radical (unpaired) electrons. The third kappa shape index (κ3) is 3.52. The number of halogens is 3. The summed E-state index contributed by atoms with van der Waals surface area (Å²) in [5.41, 5.74) is 0.418. The summed E-state index contributed by atoms with van der Waals surface area (Å²) in [6.45, 7) is 0. The van der Waals surface area contributed by atoms with Gasteiger partial charge >= 0.3 is 5.97 Å². The average molecular weight is 294 g/mol. The van der Waals surface area contributed by atoms with E-state index in [-0.39, 0.29) is 0 Å². The number of nitrogens with zero attached hydrogens (tertiary/aromatic N) is 1. The van der Waals surface area contributed by atoms with Crippen LogP contribution in [-0.2, 0) is 9.53 Å². The molecule has 0 N–H and O–H groups in total. The summed E-state index contributed by atoms with van der Waals surface area (Å²) in [6.07, 6.45) is -0.234. The third-order valence-corrected chi connectivity index (χ3v) is 2.46. The minimum Gasteiger partial charge on any atom is -0.469 e. The maximum Gasteiger partial charge on any atom is 0.313 e. The first-order valence-electron chi connectivity index (χ1n) is 4.51. The fraction of sp³-hybridized carbons (Fsp3) is 0.400. The highest BCUT2D eigenvalue weighted by molar-refractivity contribution is 9.10. The molecule has 0 aliphatic carbocycles. The van der Waals surface area contributed by atoms with Crippen LogP contribution in [0.15, 0.2) is 22.9 Å². The highest BCUT2D eigenvalue weighted by Crippen LogP contribution is 2.25. The zero-order chi connectivity index (χ0) is 12.1. The van der Waals surface area contributed by atoms with Crippen molar-refractivity contribution in [2.75, 3.05) is 7.11 Å². The molecule has 88 valence electrons. The van der Waals surface area contributed by atoms with Crippen LogP contribution in [0, 0.1) is 0 Å². The van der Waals surface area contributed by atoms with E-state index >= 15 is 0 Å². The van der Waals surface area contributed by atoms with Gasteiger partial charge in [0.15, 0.2) is 0 Å². The molecule has 0 aliphatic heterocycles. The highest BCUT2D eigenvalue weighted by Gasteiger charge is 2.25. The number of methoxy groups -OCH3 is 1. The monoisotopic (exact) mass is 293 g/mol. The molecule has 1 atom stereocenters. The Kier molecular flexibility index (Phi) is 4.79. The lowest BCUT2D eigenvalue weighted by atomic mass is 9.98. The smallest absolute Gasteiger partial charge is 0.313 e. The molecule has 6 heteroatoms. The van der Waals surface area contributed by atoms with Gasteiger partial charge in [0.1, 0.15) is 0 Å². The van der Waals surface area contributed by atoms with E-state index < -0.39 is 24.7 Å². The van der Waals surface area contributed by atoms with Crippen LogP contribution in [0.2, 0.25) is 0 Å². The van der Waals surface area contributed by atoms with Gasteiger partial charge in [-0.2, -0.15) is 0 Å². The highest BCUT2D eigenvalue weighted by atomic mass is 79.9. The van der Waals surface area contributed by atoms with Gasteiger partial charge in [-0.15, -0.1) is 0 Å². The molecule has 1 aromatic rings. The molecule has 0 saturated heterocycles. The normalized spacial score (nSPS) is 12.6. The molecule has 0 fully saturated rings. The molecule has 0 aromatic carbocycles. The van der Waals surface area contributed by atoms with Gasteiger partial charge in [-0.1, -0.05) is 0 Å². The molecule has 1 aromatic heterocycles. The second-order valence-corrected chi connectivity index (χ2v) is 4.05. The SMILES string of the molecule is COC(=O)C(CC(F)F)c1cncc(Br)c1. The second kappa shape index (κ2) is 5.89.